The summed E-state index contributed by atoms with van der Waals surface area (Å²) in [5, 5.41) is 0. The Kier molecular flexibility index (Phi) is 0.941. The molecular weight excluding hydrogens is 90.1 g/mol. The third kappa shape index (κ3) is 0.892. The molecule has 35 valence electrons. The van der Waals surface area contributed by atoms with E-state index in [4.69, 9.17) is 0 Å². The smallest absolute Gasteiger partial charge is 0.248 e. The fourth-order valence-corrected chi connectivity index (χ4v) is 0.338. The highest BCUT2D eigenvalue weighted by molar-refractivity contribution is 4.88. The minimum Gasteiger partial charge on any atom is -0.321 e. The van der Waals surface area contributed by atoms with E-state index < -0.39 is 0 Å². The summed E-state index contributed by atoms with van der Waals surface area (Å²) in [5.74, 6) is 0. The van der Waals surface area contributed by atoms with E-state index in [1.165, 1.54) is 6.07 Å². The van der Waals surface area contributed by atoms with Crippen LogP contribution in [0.3, 0.4) is 0 Å². The average molecular weight is 94.1 g/mol. The Bertz CT molecular complexity index is 174. The van der Waals surface area contributed by atoms with Gasteiger partial charge in [0.25, 0.3) is 0 Å². The van der Waals surface area contributed by atoms with Crippen LogP contribution in [0.15, 0.2) is 23.0 Å². The van der Waals surface area contributed by atoms with E-state index in [2.05, 4.69) is 11.2 Å². The summed E-state index contributed by atoms with van der Waals surface area (Å²) >= 11 is 0. The summed E-state index contributed by atoms with van der Waals surface area (Å²) in [6.07, 6.45) is 2.52. The van der Waals surface area contributed by atoms with E-state index in [1.807, 2.05) is 0 Å². The predicted octanol–water partition coefficient (Wildman–Crippen LogP) is 0.175. The molecule has 0 bridgehead atoms. The molecule has 7 heavy (non-hydrogen) atoms. The zero-order valence-corrected chi connectivity index (χ0v) is 3.64. The van der Waals surface area contributed by atoms with Crippen molar-refractivity contribution in [2.75, 3.05) is 0 Å². The molecule has 1 heterocycles. The Morgan fingerprint density at radius 1 is 1.71 bits per heavy atom. The van der Waals surface area contributed by atoms with Crippen molar-refractivity contribution in [1.29, 1.82) is 0 Å². The number of aromatic amines is 1. The second-order valence-corrected chi connectivity index (χ2v) is 1.16. The molecule has 0 aliphatic heterocycles. The number of H-pyrrole nitrogens is 1. The summed E-state index contributed by atoms with van der Waals surface area (Å²) < 4.78 is 0. The van der Waals surface area contributed by atoms with Crippen LogP contribution in [0.4, 0.5) is 0 Å². The number of hydrogen-bond donors (Lipinski definition) is 1. The minimum atomic E-state index is -0.109. The standard InChI is InChI=1S/C5H4NO/c7-5-3-1-2-4-6-5/h1-3H,(H,6,7). The maximum absolute atomic E-state index is 10.2. The Hall–Kier alpha value is -1.05. The van der Waals surface area contributed by atoms with E-state index in [0.29, 0.717) is 0 Å². The first-order valence-corrected chi connectivity index (χ1v) is 1.95. The molecule has 0 aromatic carbocycles. The van der Waals surface area contributed by atoms with Gasteiger partial charge >= 0.3 is 0 Å². The lowest BCUT2D eigenvalue weighted by atomic mass is 10.5. The van der Waals surface area contributed by atoms with E-state index >= 15 is 0 Å². The van der Waals surface area contributed by atoms with Crippen molar-refractivity contribution in [3.63, 3.8) is 0 Å². The van der Waals surface area contributed by atoms with Crippen LogP contribution < -0.4 is 5.56 Å². The molecule has 2 heteroatoms. The number of aromatic nitrogens is 1. The lowest BCUT2D eigenvalue weighted by Gasteiger charge is -1.72. The lowest BCUT2D eigenvalue weighted by Crippen LogP contribution is -1.99. The molecule has 0 saturated heterocycles. The van der Waals surface area contributed by atoms with Crippen molar-refractivity contribution >= 4 is 0 Å². The third-order valence-corrected chi connectivity index (χ3v) is 0.623. The summed E-state index contributed by atoms with van der Waals surface area (Å²) in [7, 11) is 0. The maximum Gasteiger partial charge on any atom is 0.248 e. The van der Waals surface area contributed by atoms with Crippen LogP contribution in [-0.2, 0) is 0 Å². The molecule has 1 N–H and O–H groups in total. The van der Waals surface area contributed by atoms with Gasteiger partial charge in [-0.1, -0.05) is 6.07 Å². The Morgan fingerprint density at radius 3 is 2.86 bits per heavy atom. The van der Waals surface area contributed by atoms with Crippen molar-refractivity contribution in [1.82, 2.24) is 4.98 Å². The normalized spacial score (nSPS) is 8.57. The fourth-order valence-electron chi connectivity index (χ4n) is 0.338. The van der Waals surface area contributed by atoms with Crippen molar-refractivity contribution < 1.29 is 0 Å². The number of hydrogen-bond acceptors (Lipinski definition) is 1. The number of nitrogens with one attached hydrogen (secondary N) is 1. The Labute approximate surface area is 40.8 Å². The van der Waals surface area contributed by atoms with Gasteiger partial charge in [-0.05, 0) is 6.07 Å². The van der Waals surface area contributed by atoms with Crippen LogP contribution in [0.25, 0.3) is 0 Å². The lowest BCUT2D eigenvalue weighted by molar-refractivity contribution is 1.23. The zero-order valence-electron chi connectivity index (χ0n) is 3.64. The van der Waals surface area contributed by atoms with Gasteiger partial charge in [0.1, 0.15) is 0 Å². The molecule has 0 fully saturated rings. The van der Waals surface area contributed by atoms with E-state index in [0.717, 1.165) is 0 Å². The first-order valence-electron chi connectivity index (χ1n) is 1.95. The van der Waals surface area contributed by atoms with Gasteiger partial charge in [-0.15, -0.1) is 0 Å². The highest BCUT2D eigenvalue weighted by atomic mass is 16.1. The molecule has 0 aliphatic carbocycles. The molecule has 0 saturated carbocycles. The minimum absolute atomic E-state index is 0.109. The Morgan fingerprint density at radius 2 is 2.57 bits per heavy atom. The average Bonchev–Trinajstić information content (AvgIpc) is 1.69. The van der Waals surface area contributed by atoms with Crippen molar-refractivity contribution in [3.8, 4) is 0 Å². The molecule has 0 aliphatic rings. The van der Waals surface area contributed by atoms with Gasteiger partial charge in [0, 0.05) is 6.07 Å². The summed E-state index contributed by atoms with van der Waals surface area (Å²) in [5.41, 5.74) is -0.109. The molecule has 0 atom stereocenters. The van der Waals surface area contributed by atoms with Gasteiger partial charge in [-0.25, -0.2) is 0 Å². The van der Waals surface area contributed by atoms with E-state index in [1.54, 1.807) is 12.1 Å². The molecule has 2 nitrogen and oxygen atoms in total. The van der Waals surface area contributed by atoms with Crippen LogP contribution in [0.5, 0.6) is 0 Å². The summed E-state index contributed by atoms with van der Waals surface area (Å²) in [6.45, 7) is 0. The fraction of sp³-hybridized carbons (Fsp3) is 0. The second kappa shape index (κ2) is 1.60. The molecule has 0 unspecified atom stereocenters. The van der Waals surface area contributed by atoms with Crippen molar-refractivity contribution in [3.05, 3.63) is 34.7 Å². The SMILES string of the molecule is O=c1ccc[c][nH]1. The molecule has 0 amide bonds. The van der Waals surface area contributed by atoms with Gasteiger partial charge in [-0.2, -0.15) is 0 Å². The highest BCUT2D eigenvalue weighted by Gasteiger charge is 1.70. The summed E-state index contributed by atoms with van der Waals surface area (Å²) in [6, 6.07) is 4.72. The second-order valence-electron chi connectivity index (χ2n) is 1.16. The molecule has 1 radical (unpaired) electrons. The van der Waals surface area contributed by atoms with Crippen LogP contribution in [0.1, 0.15) is 0 Å². The largest absolute Gasteiger partial charge is 0.321 e. The van der Waals surface area contributed by atoms with Gasteiger partial charge in [0.2, 0.25) is 5.56 Å². The van der Waals surface area contributed by atoms with Crippen molar-refractivity contribution in [2.24, 2.45) is 0 Å². The number of pyridine rings is 1. The van der Waals surface area contributed by atoms with Crippen LogP contribution in [0.2, 0.25) is 0 Å². The van der Waals surface area contributed by atoms with Gasteiger partial charge in [-0.3, -0.25) is 4.79 Å². The van der Waals surface area contributed by atoms with Crippen molar-refractivity contribution in [2.45, 2.75) is 0 Å². The number of rotatable bonds is 0. The monoisotopic (exact) mass is 94.0 g/mol. The van der Waals surface area contributed by atoms with Crippen LogP contribution in [-0.4, -0.2) is 4.98 Å². The first kappa shape index (κ1) is 4.12. The maximum atomic E-state index is 10.2. The summed E-state index contributed by atoms with van der Waals surface area (Å²) in [4.78, 5) is 12.5. The van der Waals surface area contributed by atoms with Crippen LogP contribution in [0, 0.1) is 6.20 Å². The molecule has 1 aromatic heterocycles. The van der Waals surface area contributed by atoms with Gasteiger partial charge < -0.3 is 4.98 Å². The Balaban J connectivity index is 3.28. The molecule has 0 spiro atoms. The van der Waals surface area contributed by atoms with Crippen LogP contribution >= 0.6 is 0 Å². The highest BCUT2D eigenvalue weighted by Crippen LogP contribution is 1.65. The van der Waals surface area contributed by atoms with Gasteiger partial charge in [0.15, 0.2) is 0 Å². The van der Waals surface area contributed by atoms with E-state index in [-0.39, 0.29) is 5.56 Å². The van der Waals surface area contributed by atoms with Gasteiger partial charge in [0.05, 0.1) is 6.20 Å². The topological polar surface area (TPSA) is 32.9 Å². The predicted molar refractivity (Wildman–Crippen MR) is 25.9 cm³/mol. The molecule has 1 rings (SSSR count). The van der Waals surface area contributed by atoms with E-state index in [9.17, 15) is 4.79 Å². The quantitative estimate of drug-likeness (QED) is 0.488. The third-order valence-electron chi connectivity index (χ3n) is 0.623. The zero-order chi connectivity index (χ0) is 5.11. The molecule has 1 aromatic rings. The molecular formula is C5H4NO. The first-order chi connectivity index (χ1) is 3.39.